The van der Waals surface area contributed by atoms with Crippen molar-refractivity contribution in [2.24, 2.45) is 11.3 Å². The normalized spacial score (nSPS) is 21.9. The third-order valence-corrected chi connectivity index (χ3v) is 6.19. The van der Waals surface area contributed by atoms with Gasteiger partial charge in [-0.3, -0.25) is 14.4 Å². The van der Waals surface area contributed by atoms with Gasteiger partial charge in [-0.05, 0) is 24.5 Å². The molecular weight excluding hydrogens is 416 g/mol. The highest BCUT2D eigenvalue weighted by Gasteiger charge is 2.63. The van der Waals surface area contributed by atoms with Crippen molar-refractivity contribution in [2.45, 2.75) is 25.9 Å². The molecule has 0 N–H and O–H groups in total. The zero-order chi connectivity index (χ0) is 23.3. The first-order valence-electron chi connectivity index (χ1n) is 11.1. The van der Waals surface area contributed by atoms with Gasteiger partial charge in [0.05, 0.1) is 6.61 Å². The lowest BCUT2D eigenvalue weighted by Crippen LogP contribution is -2.45. The monoisotopic (exact) mass is 442 g/mol. The topological polar surface area (TPSA) is 69.7 Å². The van der Waals surface area contributed by atoms with Gasteiger partial charge in [0.15, 0.2) is 11.2 Å². The molecule has 0 radical (unpaired) electrons. The molecule has 1 saturated heterocycles. The maximum atomic E-state index is 13.5. The van der Waals surface area contributed by atoms with Crippen LogP contribution in [0.1, 0.15) is 40.9 Å². The summed E-state index contributed by atoms with van der Waals surface area (Å²) in [7, 11) is 0. The number of benzene rings is 3. The van der Waals surface area contributed by atoms with E-state index in [1.54, 1.807) is 31.2 Å². The van der Waals surface area contributed by atoms with E-state index in [0.717, 1.165) is 11.1 Å². The van der Waals surface area contributed by atoms with Gasteiger partial charge in [0.25, 0.3) is 0 Å². The Labute approximate surface area is 193 Å². The summed E-state index contributed by atoms with van der Waals surface area (Å²) in [6.07, 6.45) is -0.665. The van der Waals surface area contributed by atoms with Gasteiger partial charge >= 0.3 is 11.9 Å². The number of hydrogen-bond acceptors (Lipinski definition) is 5. The van der Waals surface area contributed by atoms with Crippen molar-refractivity contribution in [3.63, 3.8) is 0 Å². The molecule has 3 atom stereocenters. The lowest BCUT2D eigenvalue weighted by Gasteiger charge is -2.30. The van der Waals surface area contributed by atoms with Crippen LogP contribution in [-0.2, 0) is 25.5 Å². The number of ether oxygens (including phenoxy) is 2. The first kappa shape index (κ1) is 22.5. The third kappa shape index (κ3) is 4.44. The molecule has 4 rings (SSSR count). The van der Waals surface area contributed by atoms with Gasteiger partial charge in [-0.15, -0.1) is 0 Å². The van der Waals surface area contributed by atoms with Crippen molar-refractivity contribution in [1.29, 1.82) is 0 Å². The molecule has 3 aromatic carbocycles. The van der Waals surface area contributed by atoms with E-state index in [9.17, 15) is 14.4 Å². The van der Waals surface area contributed by atoms with Crippen molar-refractivity contribution in [3.05, 3.63) is 108 Å². The second-order valence-electron chi connectivity index (χ2n) is 8.19. The van der Waals surface area contributed by atoms with Gasteiger partial charge < -0.3 is 9.47 Å². The van der Waals surface area contributed by atoms with Gasteiger partial charge in [-0.2, -0.15) is 0 Å². The van der Waals surface area contributed by atoms with Crippen LogP contribution < -0.4 is 0 Å². The summed E-state index contributed by atoms with van der Waals surface area (Å²) in [4.78, 5) is 40.2. The maximum Gasteiger partial charge on any atom is 0.324 e. The number of Topliss-reactive ketones (excluding diaryl/α,β-unsaturated/α-hetero) is 1. The van der Waals surface area contributed by atoms with Crippen LogP contribution in [0.3, 0.4) is 0 Å². The van der Waals surface area contributed by atoms with E-state index >= 15 is 0 Å². The summed E-state index contributed by atoms with van der Waals surface area (Å²) in [6.45, 7) is 1.82. The summed E-state index contributed by atoms with van der Waals surface area (Å²) >= 11 is 0. The van der Waals surface area contributed by atoms with Crippen molar-refractivity contribution in [3.8, 4) is 0 Å². The van der Waals surface area contributed by atoms with E-state index in [4.69, 9.17) is 9.47 Å². The van der Waals surface area contributed by atoms with Crippen molar-refractivity contribution in [1.82, 2.24) is 0 Å². The van der Waals surface area contributed by atoms with Crippen LogP contribution in [0.25, 0.3) is 0 Å². The largest absolute Gasteiger partial charge is 0.465 e. The van der Waals surface area contributed by atoms with E-state index in [2.05, 4.69) is 0 Å². The van der Waals surface area contributed by atoms with E-state index in [-0.39, 0.29) is 25.2 Å². The fourth-order valence-electron chi connectivity index (χ4n) is 4.57. The van der Waals surface area contributed by atoms with Crippen molar-refractivity contribution < 1.29 is 23.9 Å². The molecule has 168 valence electrons. The van der Waals surface area contributed by atoms with E-state index in [1.165, 1.54) is 0 Å². The van der Waals surface area contributed by atoms with Gasteiger partial charge in [-0.1, -0.05) is 91.0 Å². The maximum absolute atomic E-state index is 13.5. The Bertz CT molecular complexity index is 1110. The number of carbonyl (C=O) groups is 3. The predicted molar refractivity (Wildman–Crippen MR) is 123 cm³/mol. The summed E-state index contributed by atoms with van der Waals surface area (Å²) in [5.41, 5.74) is 0.452. The highest BCUT2D eigenvalue weighted by atomic mass is 16.6. The number of cyclic esters (lactones) is 1. The molecule has 1 heterocycles. The smallest absolute Gasteiger partial charge is 0.324 e. The van der Waals surface area contributed by atoms with Crippen molar-refractivity contribution >= 4 is 17.7 Å². The highest BCUT2D eigenvalue weighted by Crippen LogP contribution is 2.52. The molecule has 0 amide bonds. The summed E-state index contributed by atoms with van der Waals surface area (Å²) in [5.74, 6) is -2.17. The average molecular weight is 443 g/mol. The van der Waals surface area contributed by atoms with E-state index < -0.39 is 29.4 Å². The number of carbonyl (C=O) groups excluding carboxylic acids is 3. The number of esters is 2. The SMILES string of the molecule is CCOC(=O)C1(Cc2ccccc2)C(=O)O[C@@H](c2ccccc2)[C@H]1CC(=O)c1ccccc1. The van der Waals surface area contributed by atoms with Crippen LogP contribution in [0, 0.1) is 11.3 Å². The quantitative estimate of drug-likeness (QED) is 0.280. The molecule has 5 nitrogen and oxygen atoms in total. The van der Waals surface area contributed by atoms with Crippen LogP contribution in [0.4, 0.5) is 0 Å². The number of hydrogen-bond donors (Lipinski definition) is 0. The lowest BCUT2D eigenvalue weighted by molar-refractivity contribution is -0.166. The minimum absolute atomic E-state index is 0.0268. The zero-order valence-corrected chi connectivity index (χ0v) is 18.5. The fraction of sp³-hybridized carbons (Fsp3) is 0.250. The van der Waals surface area contributed by atoms with Crippen LogP contribution in [-0.4, -0.2) is 24.3 Å². The fourth-order valence-corrected chi connectivity index (χ4v) is 4.57. The number of ketones is 1. The molecule has 1 unspecified atom stereocenters. The Kier molecular flexibility index (Phi) is 6.68. The number of rotatable bonds is 8. The minimum Gasteiger partial charge on any atom is -0.465 e. The standard InChI is InChI=1S/C28H26O5/c1-2-32-26(30)28(19-20-12-6-3-7-13-20)23(18-24(29)21-14-8-4-9-15-21)25(33-27(28)31)22-16-10-5-11-17-22/h3-17,23,25H,2,18-19H2,1H3/t23-,25+,28?/m1/s1. The summed E-state index contributed by atoms with van der Waals surface area (Å²) in [6, 6.07) is 27.5. The first-order valence-corrected chi connectivity index (χ1v) is 11.1. The lowest BCUT2D eigenvalue weighted by atomic mass is 9.67. The summed E-state index contributed by atoms with van der Waals surface area (Å²) < 4.78 is 11.3. The van der Waals surface area contributed by atoms with Gasteiger partial charge in [0.1, 0.15) is 6.10 Å². The average Bonchev–Trinajstić information content (AvgIpc) is 3.13. The van der Waals surface area contributed by atoms with Crippen LogP contribution in [0.15, 0.2) is 91.0 Å². The molecule has 33 heavy (non-hydrogen) atoms. The molecule has 0 bridgehead atoms. The molecule has 1 fully saturated rings. The Morgan fingerprint density at radius 2 is 1.45 bits per heavy atom. The molecule has 1 aliphatic rings. The van der Waals surface area contributed by atoms with Crippen LogP contribution >= 0.6 is 0 Å². The van der Waals surface area contributed by atoms with Crippen LogP contribution in [0.5, 0.6) is 0 Å². The minimum atomic E-state index is -1.62. The highest BCUT2D eigenvalue weighted by molar-refractivity contribution is 6.04. The predicted octanol–water partition coefficient (Wildman–Crippen LogP) is 4.97. The van der Waals surface area contributed by atoms with Gasteiger partial charge in [-0.25, -0.2) is 0 Å². The van der Waals surface area contributed by atoms with Gasteiger partial charge in [0, 0.05) is 17.9 Å². The Balaban J connectivity index is 1.82. The second-order valence-corrected chi connectivity index (χ2v) is 8.19. The van der Waals surface area contributed by atoms with E-state index in [1.807, 2.05) is 66.7 Å². The van der Waals surface area contributed by atoms with Crippen LogP contribution in [0.2, 0.25) is 0 Å². The first-order chi connectivity index (χ1) is 16.1. The van der Waals surface area contributed by atoms with Gasteiger partial charge in [0.2, 0.25) is 0 Å². The Morgan fingerprint density at radius 1 is 0.879 bits per heavy atom. The van der Waals surface area contributed by atoms with E-state index in [0.29, 0.717) is 5.56 Å². The third-order valence-electron chi connectivity index (χ3n) is 6.19. The molecule has 0 aliphatic carbocycles. The Morgan fingerprint density at radius 3 is 2.06 bits per heavy atom. The zero-order valence-electron chi connectivity index (χ0n) is 18.5. The molecule has 3 aromatic rings. The molecular formula is C28H26O5. The second kappa shape index (κ2) is 9.82. The Hall–Kier alpha value is -3.73. The molecule has 1 aliphatic heterocycles. The summed E-state index contributed by atoms with van der Waals surface area (Å²) in [5, 5.41) is 0. The van der Waals surface area contributed by atoms with Crippen molar-refractivity contribution in [2.75, 3.05) is 6.61 Å². The molecule has 0 spiro atoms. The molecule has 5 heteroatoms. The molecule has 0 aromatic heterocycles. The molecule has 0 saturated carbocycles.